The Hall–Kier alpha value is -0.760. The van der Waals surface area contributed by atoms with Crippen LogP contribution in [0.1, 0.15) is 64.1 Å². The fourth-order valence-electron chi connectivity index (χ4n) is 2.83. The van der Waals surface area contributed by atoms with Crippen LogP contribution >= 0.6 is 11.6 Å². The zero-order valence-corrected chi connectivity index (χ0v) is 12.9. The van der Waals surface area contributed by atoms with Gasteiger partial charge in [0.05, 0.1) is 17.1 Å². The van der Waals surface area contributed by atoms with Gasteiger partial charge in [-0.15, -0.1) is 11.6 Å². The van der Waals surface area contributed by atoms with E-state index in [0.717, 1.165) is 25.7 Å². The van der Waals surface area contributed by atoms with E-state index in [-0.39, 0.29) is 5.38 Å². The van der Waals surface area contributed by atoms with Crippen LogP contribution < -0.4 is 0 Å². The third-order valence-corrected chi connectivity index (χ3v) is 4.38. The molecule has 1 aliphatic rings. The van der Waals surface area contributed by atoms with Gasteiger partial charge in [0.15, 0.2) is 0 Å². The molecule has 1 aromatic rings. The normalized spacial score (nSPS) is 20.4. The Morgan fingerprint density at radius 2 is 2.16 bits per heavy atom. The van der Waals surface area contributed by atoms with Gasteiger partial charge in [0.2, 0.25) is 0 Å². The van der Waals surface area contributed by atoms with Crippen LogP contribution in [0.4, 0.5) is 0 Å². The van der Waals surface area contributed by atoms with Crippen molar-refractivity contribution in [1.29, 1.82) is 0 Å². The summed E-state index contributed by atoms with van der Waals surface area (Å²) in [5, 5.41) is 4.96. The van der Waals surface area contributed by atoms with Crippen molar-refractivity contribution < 1.29 is 0 Å². The predicted octanol–water partition coefficient (Wildman–Crippen LogP) is 4.89. The number of rotatable bonds is 5. The highest BCUT2D eigenvalue weighted by Crippen LogP contribution is 2.24. The summed E-state index contributed by atoms with van der Waals surface area (Å²) >= 11 is 6.28. The summed E-state index contributed by atoms with van der Waals surface area (Å²) in [6.07, 6.45) is 12.4. The summed E-state index contributed by atoms with van der Waals surface area (Å²) in [6, 6.07) is 2.70. The van der Waals surface area contributed by atoms with Gasteiger partial charge in [0, 0.05) is 12.6 Å². The molecule has 1 heterocycles. The van der Waals surface area contributed by atoms with Gasteiger partial charge in [-0.2, -0.15) is 5.10 Å². The van der Waals surface area contributed by atoms with Crippen molar-refractivity contribution in [2.24, 2.45) is 0 Å². The maximum absolute atomic E-state index is 6.28. The second-order valence-electron chi connectivity index (χ2n) is 5.52. The second kappa shape index (κ2) is 7.14. The molecule has 0 fully saturated rings. The Balaban J connectivity index is 2.03. The van der Waals surface area contributed by atoms with Crippen LogP contribution in [0, 0.1) is 0 Å². The van der Waals surface area contributed by atoms with Crippen molar-refractivity contribution in [3.8, 4) is 0 Å². The molecule has 1 aliphatic carbocycles. The molecular formula is C16H25ClN2. The fraction of sp³-hybridized carbons (Fsp3) is 0.688. The monoisotopic (exact) mass is 280 g/mol. The molecule has 0 aromatic carbocycles. The molecule has 0 aliphatic heterocycles. The Bertz CT molecular complexity index is 418. The van der Waals surface area contributed by atoms with Gasteiger partial charge < -0.3 is 0 Å². The first-order valence-electron chi connectivity index (χ1n) is 7.60. The molecule has 1 atom stereocenters. The van der Waals surface area contributed by atoms with E-state index >= 15 is 0 Å². The third-order valence-electron chi connectivity index (χ3n) is 4.03. The standard InChI is InChI=1S/C16H25ClN2/c1-3-16(4-2)19-10-9-15(18-19)12-13-7-5-6-8-14(17)11-13/h9-11,14,16H,3-8,12H2,1-2H3. The third kappa shape index (κ3) is 4.10. The van der Waals surface area contributed by atoms with Crippen LogP contribution in [0.5, 0.6) is 0 Å². The van der Waals surface area contributed by atoms with Crippen LogP contribution in [-0.2, 0) is 6.42 Å². The van der Waals surface area contributed by atoms with E-state index in [9.17, 15) is 0 Å². The number of halogens is 1. The molecule has 0 spiro atoms. The number of hydrogen-bond acceptors (Lipinski definition) is 1. The van der Waals surface area contributed by atoms with Crippen LogP contribution in [0.2, 0.25) is 0 Å². The quantitative estimate of drug-likeness (QED) is 0.554. The molecule has 1 unspecified atom stereocenters. The molecule has 3 heteroatoms. The van der Waals surface area contributed by atoms with E-state index in [1.165, 1.54) is 30.5 Å². The zero-order chi connectivity index (χ0) is 13.7. The van der Waals surface area contributed by atoms with Crippen LogP contribution in [-0.4, -0.2) is 15.2 Å². The van der Waals surface area contributed by atoms with Gasteiger partial charge in [-0.05, 0) is 38.2 Å². The molecule has 0 saturated heterocycles. The second-order valence-corrected chi connectivity index (χ2v) is 6.08. The van der Waals surface area contributed by atoms with Crippen molar-refractivity contribution in [2.75, 3.05) is 0 Å². The number of hydrogen-bond donors (Lipinski definition) is 0. The lowest BCUT2D eigenvalue weighted by Gasteiger charge is -2.12. The van der Waals surface area contributed by atoms with Gasteiger partial charge in [-0.3, -0.25) is 4.68 Å². The first-order chi connectivity index (χ1) is 9.22. The lowest BCUT2D eigenvalue weighted by Crippen LogP contribution is -2.08. The lowest BCUT2D eigenvalue weighted by molar-refractivity contribution is 0.426. The minimum absolute atomic E-state index is 0.221. The molecular weight excluding hydrogens is 256 g/mol. The van der Waals surface area contributed by atoms with E-state index in [0.29, 0.717) is 6.04 Å². The van der Waals surface area contributed by atoms with Gasteiger partial charge in [-0.25, -0.2) is 0 Å². The van der Waals surface area contributed by atoms with Gasteiger partial charge >= 0.3 is 0 Å². The molecule has 0 amide bonds. The van der Waals surface area contributed by atoms with E-state index < -0.39 is 0 Å². The van der Waals surface area contributed by atoms with Crippen LogP contribution in [0.15, 0.2) is 23.9 Å². The summed E-state index contributed by atoms with van der Waals surface area (Å²) in [4.78, 5) is 0. The molecule has 1 aromatic heterocycles. The van der Waals surface area contributed by atoms with E-state index in [2.05, 4.69) is 36.9 Å². The Morgan fingerprint density at radius 3 is 2.89 bits per heavy atom. The highest BCUT2D eigenvalue weighted by atomic mass is 35.5. The van der Waals surface area contributed by atoms with Crippen molar-refractivity contribution >= 4 is 11.6 Å². The SMILES string of the molecule is CCC(CC)n1ccc(CC2=CC(Cl)CCCC2)n1. The van der Waals surface area contributed by atoms with Gasteiger partial charge in [0.25, 0.3) is 0 Å². The smallest absolute Gasteiger partial charge is 0.0665 e. The maximum atomic E-state index is 6.28. The molecule has 0 radical (unpaired) electrons. The summed E-state index contributed by atoms with van der Waals surface area (Å²) in [7, 11) is 0. The number of allylic oxidation sites excluding steroid dienone is 2. The molecule has 0 bridgehead atoms. The topological polar surface area (TPSA) is 17.8 Å². The fourth-order valence-corrected chi connectivity index (χ4v) is 3.16. The first kappa shape index (κ1) is 14.6. The molecule has 106 valence electrons. The number of alkyl halides is 1. The average Bonchev–Trinajstić information content (AvgIpc) is 2.74. The predicted molar refractivity (Wildman–Crippen MR) is 81.7 cm³/mol. The van der Waals surface area contributed by atoms with E-state index in [1.54, 1.807) is 0 Å². The molecule has 0 saturated carbocycles. The Labute approximate surface area is 121 Å². The summed E-state index contributed by atoms with van der Waals surface area (Å²) in [5.74, 6) is 0. The van der Waals surface area contributed by atoms with Gasteiger partial charge in [-0.1, -0.05) is 31.9 Å². The number of nitrogens with zero attached hydrogens (tertiary/aromatic N) is 2. The molecule has 0 N–H and O–H groups in total. The maximum Gasteiger partial charge on any atom is 0.0665 e. The van der Waals surface area contributed by atoms with Crippen molar-refractivity contribution in [3.63, 3.8) is 0 Å². The minimum Gasteiger partial charge on any atom is -0.269 e. The van der Waals surface area contributed by atoms with E-state index in [1.807, 2.05) is 0 Å². The van der Waals surface area contributed by atoms with Crippen molar-refractivity contribution in [3.05, 3.63) is 29.6 Å². The first-order valence-corrected chi connectivity index (χ1v) is 8.04. The highest BCUT2D eigenvalue weighted by molar-refractivity contribution is 6.21. The highest BCUT2D eigenvalue weighted by Gasteiger charge is 2.12. The summed E-state index contributed by atoms with van der Waals surface area (Å²) in [6.45, 7) is 4.45. The Morgan fingerprint density at radius 1 is 1.37 bits per heavy atom. The largest absolute Gasteiger partial charge is 0.269 e. The molecule has 2 rings (SSSR count). The Kier molecular flexibility index (Phi) is 5.50. The van der Waals surface area contributed by atoms with E-state index in [4.69, 9.17) is 16.7 Å². The number of aromatic nitrogens is 2. The average molecular weight is 281 g/mol. The lowest BCUT2D eigenvalue weighted by atomic mass is 10.1. The summed E-state index contributed by atoms with van der Waals surface area (Å²) < 4.78 is 2.13. The molecule has 2 nitrogen and oxygen atoms in total. The van der Waals surface area contributed by atoms with Crippen LogP contribution in [0.3, 0.4) is 0 Å². The molecule has 19 heavy (non-hydrogen) atoms. The van der Waals surface area contributed by atoms with Gasteiger partial charge in [0.1, 0.15) is 0 Å². The minimum atomic E-state index is 0.221. The van der Waals surface area contributed by atoms with Crippen molar-refractivity contribution in [2.45, 2.75) is 70.2 Å². The summed E-state index contributed by atoms with van der Waals surface area (Å²) in [5.41, 5.74) is 2.65. The van der Waals surface area contributed by atoms with Crippen molar-refractivity contribution in [1.82, 2.24) is 9.78 Å². The zero-order valence-electron chi connectivity index (χ0n) is 12.1. The van der Waals surface area contributed by atoms with Crippen LogP contribution in [0.25, 0.3) is 0 Å².